The van der Waals surface area contributed by atoms with Crippen molar-refractivity contribution in [1.29, 1.82) is 0 Å². The molecule has 2 aromatic carbocycles. The third-order valence-electron chi connectivity index (χ3n) is 5.81. The average Bonchev–Trinajstić information content (AvgIpc) is 3.25. The summed E-state index contributed by atoms with van der Waals surface area (Å²) in [5, 5.41) is 0. The number of anilines is 2. The topological polar surface area (TPSA) is 24.9 Å². The van der Waals surface area contributed by atoms with Crippen molar-refractivity contribution < 1.29 is 9.47 Å². The fourth-order valence-electron chi connectivity index (χ4n) is 4.17. The summed E-state index contributed by atoms with van der Waals surface area (Å²) in [7, 11) is 1.73. The molecule has 4 nitrogen and oxygen atoms in total. The molecule has 4 heteroatoms. The van der Waals surface area contributed by atoms with E-state index in [9.17, 15) is 0 Å². The summed E-state index contributed by atoms with van der Waals surface area (Å²) in [4.78, 5) is 4.91. The minimum absolute atomic E-state index is 0.296. The van der Waals surface area contributed by atoms with Gasteiger partial charge in [0.05, 0.1) is 7.11 Å². The molecule has 2 fully saturated rings. The van der Waals surface area contributed by atoms with Crippen LogP contribution in [0.25, 0.3) is 0 Å². The van der Waals surface area contributed by atoms with Gasteiger partial charge in [-0.25, -0.2) is 0 Å². The smallest absolute Gasteiger partial charge is 0.120 e. The average molecular weight is 367 g/mol. The Labute approximate surface area is 162 Å². The van der Waals surface area contributed by atoms with Crippen molar-refractivity contribution in [2.75, 3.05) is 43.1 Å². The molecule has 0 saturated carbocycles. The molecule has 0 bridgehead atoms. The number of aryl methyl sites for hydroxylation is 1. The van der Waals surface area contributed by atoms with Gasteiger partial charge >= 0.3 is 0 Å². The zero-order valence-corrected chi connectivity index (χ0v) is 16.5. The first-order valence-corrected chi connectivity index (χ1v) is 10.1. The van der Waals surface area contributed by atoms with Crippen molar-refractivity contribution in [3.8, 4) is 11.5 Å². The minimum atomic E-state index is 0.296. The first kappa shape index (κ1) is 18.0. The number of nitrogens with zero attached hydrogens (tertiary/aromatic N) is 2. The van der Waals surface area contributed by atoms with E-state index >= 15 is 0 Å². The van der Waals surface area contributed by atoms with Gasteiger partial charge in [-0.15, -0.1) is 0 Å². The van der Waals surface area contributed by atoms with Gasteiger partial charge in [-0.1, -0.05) is 6.07 Å². The number of hydrogen-bond donors (Lipinski definition) is 0. The Bertz CT molecular complexity index is 745. The van der Waals surface area contributed by atoms with Crippen LogP contribution in [0, 0.1) is 6.92 Å². The number of rotatable bonds is 5. The van der Waals surface area contributed by atoms with Gasteiger partial charge < -0.3 is 19.3 Å². The lowest BCUT2D eigenvalue weighted by Gasteiger charge is -2.34. The Balaban J connectivity index is 1.33. The second-order valence-corrected chi connectivity index (χ2v) is 7.64. The molecule has 144 valence electrons. The van der Waals surface area contributed by atoms with Crippen molar-refractivity contribution in [1.82, 2.24) is 0 Å². The molecule has 0 spiro atoms. The summed E-state index contributed by atoms with van der Waals surface area (Å²) >= 11 is 0. The van der Waals surface area contributed by atoms with Gasteiger partial charge in [0.1, 0.15) is 17.6 Å². The highest BCUT2D eigenvalue weighted by atomic mass is 16.5. The first-order chi connectivity index (χ1) is 13.2. The third kappa shape index (κ3) is 4.15. The van der Waals surface area contributed by atoms with Crippen LogP contribution in [0.2, 0.25) is 0 Å². The molecule has 4 rings (SSSR count). The minimum Gasteiger partial charge on any atom is -0.497 e. The summed E-state index contributed by atoms with van der Waals surface area (Å²) in [6, 6.07) is 15.0. The SMILES string of the molecule is COc1ccc(C)c(N2CCC(Oc3ccc(N4CCCC4)cc3)CC2)c1. The van der Waals surface area contributed by atoms with E-state index in [1.165, 1.54) is 42.9 Å². The molecule has 0 radical (unpaired) electrons. The zero-order valence-electron chi connectivity index (χ0n) is 16.5. The predicted molar refractivity (Wildman–Crippen MR) is 111 cm³/mol. The second kappa shape index (κ2) is 8.12. The molecular weight excluding hydrogens is 336 g/mol. The van der Waals surface area contributed by atoms with Gasteiger partial charge in [0.25, 0.3) is 0 Å². The lowest BCUT2D eigenvalue weighted by atomic mass is 10.0. The van der Waals surface area contributed by atoms with Crippen LogP contribution in [-0.2, 0) is 0 Å². The normalized spacial score (nSPS) is 18.0. The summed E-state index contributed by atoms with van der Waals surface area (Å²) in [6.45, 7) is 6.57. The fourth-order valence-corrected chi connectivity index (χ4v) is 4.17. The maximum absolute atomic E-state index is 6.26. The van der Waals surface area contributed by atoms with Crippen molar-refractivity contribution in [3.05, 3.63) is 48.0 Å². The molecule has 2 aliphatic rings. The van der Waals surface area contributed by atoms with Crippen molar-refractivity contribution in [2.45, 2.75) is 38.7 Å². The standard InChI is InChI=1S/C23H30N2O2/c1-18-5-8-22(26-2)17-23(18)25-15-11-21(12-16-25)27-20-9-6-19(7-10-20)24-13-3-4-14-24/h5-10,17,21H,3-4,11-16H2,1-2H3. The van der Waals surface area contributed by atoms with E-state index in [1.54, 1.807) is 7.11 Å². The van der Waals surface area contributed by atoms with Gasteiger partial charge in [0, 0.05) is 56.5 Å². The summed E-state index contributed by atoms with van der Waals surface area (Å²) in [5.74, 6) is 1.92. The van der Waals surface area contributed by atoms with Crippen LogP contribution >= 0.6 is 0 Å². The molecule has 0 unspecified atom stereocenters. The second-order valence-electron chi connectivity index (χ2n) is 7.64. The molecule has 0 amide bonds. The van der Waals surface area contributed by atoms with E-state index in [0.29, 0.717) is 6.10 Å². The van der Waals surface area contributed by atoms with E-state index in [4.69, 9.17) is 9.47 Å². The lowest BCUT2D eigenvalue weighted by molar-refractivity contribution is 0.171. The number of piperidine rings is 1. The predicted octanol–water partition coefficient (Wildman–Crippen LogP) is 4.65. The van der Waals surface area contributed by atoms with Crippen LogP contribution in [0.5, 0.6) is 11.5 Å². The van der Waals surface area contributed by atoms with Gasteiger partial charge in [-0.3, -0.25) is 0 Å². The van der Waals surface area contributed by atoms with E-state index in [1.807, 2.05) is 6.07 Å². The molecule has 0 atom stereocenters. The highest BCUT2D eigenvalue weighted by Crippen LogP contribution is 2.30. The number of benzene rings is 2. The molecule has 2 heterocycles. The maximum Gasteiger partial charge on any atom is 0.120 e. The Morgan fingerprint density at radius 2 is 1.48 bits per heavy atom. The van der Waals surface area contributed by atoms with E-state index in [2.05, 4.69) is 53.1 Å². The van der Waals surface area contributed by atoms with Gasteiger partial charge in [0.15, 0.2) is 0 Å². The maximum atomic E-state index is 6.26. The monoisotopic (exact) mass is 366 g/mol. The van der Waals surface area contributed by atoms with Crippen molar-refractivity contribution >= 4 is 11.4 Å². The van der Waals surface area contributed by atoms with Crippen LogP contribution in [0.15, 0.2) is 42.5 Å². The molecule has 27 heavy (non-hydrogen) atoms. The summed E-state index contributed by atoms with van der Waals surface area (Å²) < 4.78 is 11.7. The lowest BCUT2D eigenvalue weighted by Crippen LogP contribution is -2.38. The third-order valence-corrected chi connectivity index (χ3v) is 5.81. The van der Waals surface area contributed by atoms with Crippen molar-refractivity contribution in [3.63, 3.8) is 0 Å². The molecule has 0 aromatic heterocycles. The highest BCUT2D eigenvalue weighted by Gasteiger charge is 2.22. The Morgan fingerprint density at radius 1 is 0.815 bits per heavy atom. The fraction of sp³-hybridized carbons (Fsp3) is 0.478. The number of hydrogen-bond acceptors (Lipinski definition) is 4. The molecule has 2 aliphatic heterocycles. The van der Waals surface area contributed by atoms with Crippen LogP contribution in [0.4, 0.5) is 11.4 Å². The zero-order chi connectivity index (χ0) is 18.6. The number of ether oxygens (including phenoxy) is 2. The van der Waals surface area contributed by atoms with Crippen LogP contribution in [0.1, 0.15) is 31.2 Å². The van der Waals surface area contributed by atoms with Crippen LogP contribution < -0.4 is 19.3 Å². The molecule has 2 aromatic rings. The Morgan fingerprint density at radius 3 is 2.15 bits per heavy atom. The Kier molecular flexibility index (Phi) is 5.42. The molecule has 0 N–H and O–H groups in total. The molecule has 2 saturated heterocycles. The largest absolute Gasteiger partial charge is 0.497 e. The Hall–Kier alpha value is -2.36. The van der Waals surface area contributed by atoms with Crippen LogP contribution in [0.3, 0.4) is 0 Å². The first-order valence-electron chi connectivity index (χ1n) is 10.1. The quantitative estimate of drug-likeness (QED) is 0.769. The highest BCUT2D eigenvalue weighted by molar-refractivity contribution is 5.57. The van der Waals surface area contributed by atoms with E-state index < -0.39 is 0 Å². The van der Waals surface area contributed by atoms with Gasteiger partial charge in [-0.2, -0.15) is 0 Å². The summed E-state index contributed by atoms with van der Waals surface area (Å²) in [5.41, 5.74) is 3.90. The van der Waals surface area contributed by atoms with E-state index in [0.717, 1.165) is 37.4 Å². The number of methoxy groups -OCH3 is 1. The molecule has 0 aliphatic carbocycles. The molecular formula is C23H30N2O2. The summed E-state index contributed by atoms with van der Waals surface area (Å²) in [6.07, 6.45) is 5.01. The van der Waals surface area contributed by atoms with Gasteiger partial charge in [0.2, 0.25) is 0 Å². The van der Waals surface area contributed by atoms with Crippen molar-refractivity contribution in [2.24, 2.45) is 0 Å². The van der Waals surface area contributed by atoms with E-state index in [-0.39, 0.29) is 0 Å². The van der Waals surface area contributed by atoms with Crippen LogP contribution in [-0.4, -0.2) is 39.4 Å². The van der Waals surface area contributed by atoms with Gasteiger partial charge in [-0.05, 0) is 55.7 Å².